The van der Waals surface area contributed by atoms with Crippen LogP contribution in [0.2, 0.25) is 0 Å². The van der Waals surface area contributed by atoms with Gasteiger partial charge in [0.25, 0.3) is 0 Å². The average molecular weight is 225 g/mol. The second-order valence-electron chi connectivity index (χ2n) is 5.69. The van der Waals surface area contributed by atoms with Gasteiger partial charge in [-0.3, -0.25) is 4.79 Å². The molecule has 3 heteroatoms. The van der Waals surface area contributed by atoms with Crippen LogP contribution in [0.5, 0.6) is 0 Å². The molecule has 0 bridgehead atoms. The van der Waals surface area contributed by atoms with Gasteiger partial charge in [-0.1, -0.05) is 6.92 Å². The molecule has 84 valence electrons. The minimum absolute atomic E-state index is 0.220. The summed E-state index contributed by atoms with van der Waals surface area (Å²) in [5, 5.41) is 3.36. The van der Waals surface area contributed by atoms with Crippen LogP contribution >= 0.6 is 11.8 Å². The lowest BCUT2D eigenvalue weighted by Gasteiger charge is -2.25. The van der Waals surface area contributed by atoms with E-state index in [0.717, 1.165) is 12.2 Å². The lowest BCUT2D eigenvalue weighted by Crippen LogP contribution is -2.45. The molecule has 3 aliphatic rings. The van der Waals surface area contributed by atoms with Gasteiger partial charge in [0.15, 0.2) is 0 Å². The highest BCUT2D eigenvalue weighted by molar-refractivity contribution is 7.99. The predicted molar refractivity (Wildman–Crippen MR) is 62.9 cm³/mol. The molecule has 1 N–H and O–H groups in total. The zero-order valence-electron chi connectivity index (χ0n) is 9.34. The van der Waals surface area contributed by atoms with Gasteiger partial charge in [-0.15, -0.1) is 0 Å². The largest absolute Gasteiger partial charge is 0.350 e. The molecular formula is C12H19NOS. The number of carbonyl (C=O) groups is 1. The van der Waals surface area contributed by atoms with Gasteiger partial charge in [-0.2, -0.15) is 11.8 Å². The predicted octanol–water partition coefficient (Wildman–Crippen LogP) is 2.19. The molecule has 0 aromatic carbocycles. The van der Waals surface area contributed by atoms with Crippen molar-refractivity contribution in [2.75, 3.05) is 11.5 Å². The van der Waals surface area contributed by atoms with Crippen LogP contribution in [0.15, 0.2) is 0 Å². The number of hydrogen-bond acceptors (Lipinski definition) is 2. The SMILES string of the molecule is CC1(C2(NC(=O)C3CCSC3)CC2)CC1. The van der Waals surface area contributed by atoms with Gasteiger partial charge in [0.1, 0.15) is 0 Å². The summed E-state index contributed by atoms with van der Waals surface area (Å²) in [6.07, 6.45) is 6.15. The third-order valence-corrected chi connectivity index (χ3v) is 5.73. The highest BCUT2D eigenvalue weighted by atomic mass is 32.2. The molecule has 15 heavy (non-hydrogen) atoms. The Balaban J connectivity index is 1.62. The maximum absolute atomic E-state index is 12.1. The van der Waals surface area contributed by atoms with E-state index in [0.29, 0.717) is 17.2 Å². The van der Waals surface area contributed by atoms with E-state index in [1.807, 2.05) is 11.8 Å². The van der Waals surface area contributed by atoms with Gasteiger partial charge < -0.3 is 5.32 Å². The number of hydrogen-bond donors (Lipinski definition) is 1. The van der Waals surface area contributed by atoms with Crippen LogP contribution in [0.3, 0.4) is 0 Å². The molecule has 1 amide bonds. The molecule has 1 heterocycles. The van der Waals surface area contributed by atoms with E-state index >= 15 is 0 Å². The van der Waals surface area contributed by atoms with Crippen molar-refractivity contribution >= 4 is 17.7 Å². The second-order valence-corrected chi connectivity index (χ2v) is 6.84. The summed E-state index contributed by atoms with van der Waals surface area (Å²) in [6, 6.07) is 0. The zero-order chi connectivity index (χ0) is 10.5. The van der Waals surface area contributed by atoms with Crippen molar-refractivity contribution in [1.29, 1.82) is 0 Å². The molecule has 0 radical (unpaired) electrons. The van der Waals surface area contributed by atoms with Crippen molar-refractivity contribution in [1.82, 2.24) is 5.32 Å². The van der Waals surface area contributed by atoms with Gasteiger partial charge in [0, 0.05) is 17.2 Å². The number of rotatable bonds is 3. The van der Waals surface area contributed by atoms with Crippen LogP contribution in [-0.2, 0) is 4.79 Å². The molecule has 0 aromatic rings. The molecule has 0 aromatic heterocycles. The lowest BCUT2D eigenvalue weighted by atomic mass is 9.95. The number of thioether (sulfide) groups is 1. The van der Waals surface area contributed by atoms with E-state index in [1.54, 1.807) is 0 Å². The molecule has 2 nitrogen and oxygen atoms in total. The van der Waals surface area contributed by atoms with E-state index < -0.39 is 0 Å². The second kappa shape index (κ2) is 3.16. The lowest BCUT2D eigenvalue weighted by molar-refractivity contribution is -0.125. The molecule has 0 spiro atoms. The zero-order valence-corrected chi connectivity index (χ0v) is 10.2. The topological polar surface area (TPSA) is 29.1 Å². The summed E-state index contributed by atoms with van der Waals surface area (Å²) >= 11 is 1.92. The Morgan fingerprint density at radius 1 is 1.33 bits per heavy atom. The highest BCUT2D eigenvalue weighted by Gasteiger charge is 2.63. The molecule has 1 saturated heterocycles. The third-order valence-electron chi connectivity index (χ3n) is 4.57. The summed E-state index contributed by atoms with van der Waals surface area (Å²) in [5.41, 5.74) is 0.672. The van der Waals surface area contributed by atoms with Crippen molar-refractivity contribution in [3.8, 4) is 0 Å². The Labute approximate surface area is 95.6 Å². The molecule has 3 rings (SSSR count). The molecule has 1 atom stereocenters. The van der Waals surface area contributed by atoms with Crippen LogP contribution in [0.25, 0.3) is 0 Å². The number of nitrogens with one attached hydrogen (secondary N) is 1. The van der Waals surface area contributed by atoms with Crippen LogP contribution in [0.1, 0.15) is 39.0 Å². The highest BCUT2D eigenvalue weighted by Crippen LogP contribution is 2.63. The molecule has 1 aliphatic heterocycles. The minimum Gasteiger partial charge on any atom is -0.350 e. The third kappa shape index (κ3) is 1.59. The van der Waals surface area contributed by atoms with E-state index in [-0.39, 0.29) is 5.54 Å². The van der Waals surface area contributed by atoms with Crippen LogP contribution in [-0.4, -0.2) is 23.0 Å². The molecule has 2 aliphatic carbocycles. The van der Waals surface area contributed by atoms with Crippen molar-refractivity contribution in [3.63, 3.8) is 0 Å². The van der Waals surface area contributed by atoms with Crippen molar-refractivity contribution in [3.05, 3.63) is 0 Å². The number of carbonyl (C=O) groups excluding carboxylic acids is 1. The molecule has 1 unspecified atom stereocenters. The van der Waals surface area contributed by atoms with Gasteiger partial charge >= 0.3 is 0 Å². The maximum Gasteiger partial charge on any atom is 0.224 e. The first-order valence-electron chi connectivity index (χ1n) is 6.05. The Hall–Kier alpha value is -0.180. The monoisotopic (exact) mass is 225 g/mol. The Kier molecular flexibility index (Phi) is 2.11. The van der Waals surface area contributed by atoms with Crippen molar-refractivity contribution in [2.24, 2.45) is 11.3 Å². The van der Waals surface area contributed by atoms with Gasteiger partial charge in [0.05, 0.1) is 0 Å². The van der Waals surface area contributed by atoms with E-state index in [1.165, 1.54) is 31.4 Å². The maximum atomic E-state index is 12.1. The fraction of sp³-hybridized carbons (Fsp3) is 0.917. The molecule has 2 saturated carbocycles. The first-order chi connectivity index (χ1) is 7.15. The van der Waals surface area contributed by atoms with Crippen molar-refractivity contribution < 1.29 is 4.79 Å². The van der Waals surface area contributed by atoms with Gasteiger partial charge in [-0.05, 0) is 43.3 Å². The molecule has 3 fully saturated rings. The Morgan fingerprint density at radius 3 is 2.53 bits per heavy atom. The Bertz CT molecular complexity index is 288. The van der Waals surface area contributed by atoms with Crippen LogP contribution < -0.4 is 5.32 Å². The summed E-state index contributed by atoms with van der Waals surface area (Å²) in [6.45, 7) is 2.34. The minimum atomic E-state index is 0.220. The first-order valence-corrected chi connectivity index (χ1v) is 7.21. The summed E-state index contributed by atoms with van der Waals surface area (Å²) in [7, 11) is 0. The fourth-order valence-electron chi connectivity index (χ4n) is 2.75. The van der Waals surface area contributed by atoms with E-state index in [9.17, 15) is 4.79 Å². The quantitative estimate of drug-likeness (QED) is 0.797. The average Bonchev–Trinajstić information content (AvgIpc) is 3.09. The summed E-state index contributed by atoms with van der Waals surface area (Å²) in [5.74, 6) is 2.85. The fourth-order valence-corrected chi connectivity index (χ4v) is 3.97. The van der Waals surface area contributed by atoms with E-state index in [4.69, 9.17) is 0 Å². The van der Waals surface area contributed by atoms with Crippen LogP contribution in [0, 0.1) is 11.3 Å². The normalized spacial score (nSPS) is 34.9. The smallest absolute Gasteiger partial charge is 0.224 e. The first kappa shape index (κ1) is 10.0. The standard InChI is InChI=1S/C12H19NOS/c1-11(3-4-11)12(5-6-12)13-10(14)9-2-7-15-8-9/h9H,2-8H2,1H3,(H,13,14). The van der Waals surface area contributed by atoms with Gasteiger partial charge in [0.2, 0.25) is 5.91 Å². The summed E-state index contributed by atoms with van der Waals surface area (Å²) < 4.78 is 0. The summed E-state index contributed by atoms with van der Waals surface area (Å²) in [4.78, 5) is 12.1. The number of amides is 1. The van der Waals surface area contributed by atoms with Crippen molar-refractivity contribution in [2.45, 2.75) is 44.6 Å². The molecular weight excluding hydrogens is 206 g/mol. The van der Waals surface area contributed by atoms with Crippen LogP contribution in [0.4, 0.5) is 0 Å². The van der Waals surface area contributed by atoms with E-state index in [2.05, 4.69) is 12.2 Å². The Morgan fingerprint density at radius 2 is 2.07 bits per heavy atom. The van der Waals surface area contributed by atoms with Gasteiger partial charge in [-0.25, -0.2) is 0 Å².